The fourth-order valence-electron chi connectivity index (χ4n) is 1.58. The molecule has 1 aromatic carbocycles. The van der Waals surface area contributed by atoms with Crippen molar-refractivity contribution in [1.82, 2.24) is 15.0 Å². The first-order chi connectivity index (χ1) is 8.91. The van der Waals surface area contributed by atoms with Crippen LogP contribution in [0.15, 0.2) is 30.5 Å². The van der Waals surface area contributed by atoms with Gasteiger partial charge in [0.15, 0.2) is 0 Å². The molecule has 2 rings (SSSR count). The lowest BCUT2D eigenvalue weighted by Gasteiger charge is -2.08. The fourth-order valence-corrected chi connectivity index (χ4v) is 1.68. The highest BCUT2D eigenvalue weighted by Gasteiger charge is 2.30. The first-order valence-electron chi connectivity index (χ1n) is 5.65. The number of rotatable bonds is 3. The maximum atomic E-state index is 12.6. The van der Waals surface area contributed by atoms with E-state index in [0.717, 1.165) is 12.1 Å². The second kappa shape index (κ2) is 5.21. The van der Waals surface area contributed by atoms with E-state index in [1.807, 2.05) is 6.92 Å². The van der Waals surface area contributed by atoms with E-state index < -0.39 is 11.7 Å². The molecule has 1 atom stereocenters. The number of alkyl halides is 4. The maximum Gasteiger partial charge on any atom is 0.416 e. The van der Waals surface area contributed by atoms with Gasteiger partial charge in [-0.15, -0.1) is 16.7 Å². The first kappa shape index (κ1) is 13.9. The van der Waals surface area contributed by atoms with E-state index in [1.54, 1.807) is 0 Å². The molecule has 0 aliphatic heterocycles. The quantitative estimate of drug-likeness (QED) is 0.800. The van der Waals surface area contributed by atoms with Crippen LogP contribution in [0.1, 0.15) is 30.0 Å². The summed E-state index contributed by atoms with van der Waals surface area (Å²) >= 11 is 6.00. The van der Waals surface area contributed by atoms with Crippen LogP contribution >= 0.6 is 11.6 Å². The van der Waals surface area contributed by atoms with Crippen molar-refractivity contribution in [3.05, 3.63) is 41.7 Å². The maximum absolute atomic E-state index is 12.6. The minimum atomic E-state index is -4.38. The molecular formula is C12H11ClF3N3. The predicted molar refractivity (Wildman–Crippen MR) is 65.2 cm³/mol. The molecule has 0 bridgehead atoms. The summed E-state index contributed by atoms with van der Waals surface area (Å²) in [6.07, 6.45) is -2.17. The minimum Gasteiger partial charge on any atom is -0.220 e. The van der Waals surface area contributed by atoms with E-state index in [0.29, 0.717) is 17.8 Å². The van der Waals surface area contributed by atoms with E-state index in [4.69, 9.17) is 11.6 Å². The normalized spacial score (nSPS) is 13.5. The highest BCUT2D eigenvalue weighted by atomic mass is 35.5. The van der Waals surface area contributed by atoms with Crippen LogP contribution in [0, 0.1) is 0 Å². The SMILES string of the molecule is CCC(Cl)c1cn(-c2cccc(C(F)(F)F)c2)nn1. The van der Waals surface area contributed by atoms with Crippen molar-refractivity contribution in [3.8, 4) is 5.69 Å². The van der Waals surface area contributed by atoms with E-state index in [1.165, 1.54) is 23.0 Å². The molecule has 1 aromatic heterocycles. The summed E-state index contributed by atoms with van der Waals surface area (Å²) in [6.45, 7) is 1.89. The number of hydrogen-bond donors (Lipinski definition) is 0. The van der Waals surface area contributed by atoms with Gasteiger partial charge < -0.3 is 0 Å². The molecule has 0 aliphatic carbocycles. The Kier molecular flexibility index (Phi) is 3.80. The third-order valence-electron chi connectivity index (χ3n) is 2.63. The number of halogens is 4. The highest BCUT2D eigenvalue weighted by molar-refractivity contribution is 6.20. The van der Waals surface area contributed by atoms with Gasteiger partial charge in [-0.25, -0.2) is 4.68 Å². The molecule has 0 spiro atoms. The Morgan fingerprint density at radius 2 is 2.11 bits per heavy atom. The lowest BCUT2D eigenvalue weighted by Crippen LogP contribution is -2.06. The molecule has 0 fully saturated rings. The van der Waals surface area contributed by atoms with Crippen LogP contribution < -0.4 is 0 Å². The van der Waals surface area contributed by atoms with Gasteiger partial charge in [0, 0.05) is 0 Å². The van der Waals surface area contributed by atoms with Crippen LogP contribution in [0.25, 0.3) is 5.69 Å². The van der Waals surface area contributed by atoms with Crippen molar-refractivity contribution in [1.29, 1.82) is 0 Å². The average molecular weight is 290 g/mol. The Bertz CT molecular complexity index is 565. The summed E-state index contributed by atoms with van der Waals surface area (Å²) < 4.78 is 39.1. The van der Waals surface area contributed by atoms with E-state index >= 15 is 0 Å². The van der Waals surface area contributed by atoms with Gasteiger partial charge in [0.25, 0.3) is 0 Å². The zero-order valence-corrected chi connectivity index (χ0v) is 10.8. The zero-order valence-electron chi connectivity index (χ0n) is 10.0. The summed E-state index contributed by atoms with van der Waals surface area (Å²) in [5.41, 5.74) is 0.120. The van der Waals surface area contributed by atoms with Gasteiger partial charge >= 0.3 is 6.18 Å². The summed E-state index contributed by atoms with van der Waals surface area (Å²) in [7, 11) is 0. The molecule has 1 heterocycles. The molecule has 0 aliphatic rings. The summed E-state index contributed by atoms with van der Waals surface area (Å²) in [4.78, 5) is 0. The highest BCUT2D eigenvalue weighted by Crippen LogP contribution is 2.30. The Hall–Kier alpha value is -1.56. The molecule has 102 valence electrons. The van der Waals surface area contributed by atoms with Crippen LogP contribution in [0.3, 0.4) is 0 Å². The van der Waals surface area contributed by atoms with Gasteiger partial charge in [0.05, 0.1) is 22.8 Å². The van der Waals surface area contributed by atoms with Gasteiger partial charge in [0.1, 0.15) is 5.69 Å². The van der Waals surface area contributed by atoms with Crippen molar-refractivity contribution in [2.24, 2.45) is 0 Å². The Morgan fingerprint density at radius 3 is 2.74 bits per heavy atom. The van der Waals surface area contributed by atoms with E-state index in [-0.39, 0.29) is 5.38 Å². The average Bonchev–Trinajstić information content (AvgIpc) is 2.86. The van der Waals surface area contributed by atoms with Gasteiger partial charge in [-0.3, -0.25) is 0 Å². The Balaban J connectivity index is 2.34. The fraction of sp³-hybridized carbons (Fsp3) is 0.333. The van der Waals surface area contributed by atoms with Crippen LogP contribution in [0.2, 0.25) is 0 Å². The van der Waals surface area contributed by atoms with Crippen molar-refractivity contribution in [2.75, 3.05) is 0 Å². The standard InChI is InChI=1S/C12H11ClF3N3/c1-2-10(13)11-7-19(18-17-11)9-5-3-4-8(6-9)12(14,15)16/h3-7,10H,2H2,1H3. The molecule has 3 nitrogen and oxygen atoms in total. The summed E-state index contributed by atoms with van der Waals surface area (Å²) in [6, 6.07) is 4.89. The topological polar surface area (TPSA) is 30.7 Å². The molecule has 0 amide bonds. The number of nitrogens with zero attached hydrogens (tertiary/aromatic N) is 3. The molecule has 7 heteroatoms. The molecule has 2 aromatic rings. The second-order valence-corrected chi connectivity index (χ2v) is 4.54. The molecule has 1 unspecified atom stereocenters. The Morgan fingerprint density at radius 1 is 1.37 bits per heavy atom. The van der Waals surface area contributed by atoms with Crippen LogP contribution in [-0.2, 0) is 6.18 Å². The molecule has 0 N–H and O–H groups in total. The third kappa shape index (κ3) is 3.07. The number of hydrogen-bond acceptors (Lipinski definition) is 2. The van der Waals surface area contributed by atoms with Crippen LogP contribution in [0.4, 0.5) is 13.2 Å². The van der Waals surface area contributed by atoms with E-state index in [2.05, 4.69) is 10.3 Å². The lowest BCUT2D eigenvalue weighted by atomic mass is 10.2. The van der Waals surface area contributed by atoms with Crippen molar-refractivity contribution in [2.45, 2.75) is 24.9 Å². The first-order valence-corrected chi connectivity index (χ1v) is 6.09. The minimum absolute atomic E-state index is 0.292. The van der Waals surface area contributed by atoms with Gasteiger partial charge in [-0.05, 0) is 24.6 Å². The van der Waals surface area contributed by atoms with Crippen molar-refractivity contribution >= 4 is 11.6 Å². The summed E-state index contributed by atoms with van der Waals surface area (Å²) in [5, 5.41) is 7.36. The number of aromatic nitrogens is 3. The van der Waals surface area contributed by atoms with Crippen LogP contribution in [0.5, 0.6) is 0 Å². The van der Waals surface area contributed by atoms with Gasteiger partial charge in [0.2, 0.25) is 0 Å². The van der Waals surface area contributed by atoms with E-state index in [9.17, 15) is 13.2 Å². The number of benzene rings is 1. The molecular weight excluding hydrogens is 279 g/mol. The second-order valence-electron chi connectivity index (χ2n) is 4.01. The smallest absolute Gasteiger partial charge is 0.220 e. The largest absolute Gasteiger partial charge is 0.416 e. The van der Waals surface area contributed by atoms with Crippen molar-refractivity contribution < 1.29 is 13.2 Å². The molecule has 0 saturated heterocycles. The molecule has 0 radical (unpaired) electrons. The Labute approximate surface area is 113 Å². The summed E-state index contributed by atoms with van der Waals surface area (Å²) in [5.74, 6) is 0. The van der Waals surface area contributed by atoms with Gasteiger partial charge in [-0.2, -0.15) is 13.2 Å². The van der Waals surface area contributed by atoms with Crippen LogP contribution in [-0.4, -0.2) is 15.0 Å². The van der Waals surface area contributed by atoms with Gasteiger partial charge in [-0.1, -0.05) is 18.2 Å². The molecule has 19 heavy (non-hydrogen) atoms. The molecule has 0 saturated carbocycles. The lowest BCUT2D eigenvalue weighted by molar-refractivity contribution is -0.137. The zero-order chi connectivity index (χ0) is 14.0. The predicted octanol–water partition coefficient (Wildman–Crippen LogP) is 3.98. The van der Waals surface area contributed by atoms with Crippen molar-refractivity contribution in [3.63, 3.8) is 0 Å². The monoisotopic (exact) mass is 289 g/mol. The third-order valence-corrected chi connectivity index (χ3v) is 3.16.